The van der Waals surface area contributed by atoms with Crippen molar-refractivity contribution in [2.45, 2.75) is 25.7 Å². The van der Waals surface area contributed by atoms with E-state index in [2.05, 4.69) is 20.4 Å². The number of rotatable bonds is 6. The molecule has 0 aliphatic rings. The van der Waals surface area contributed by atoms with E-state index < -0.39 is 0 Å². The summed E-state index contributed by atoms with van der Waals surface area (Å²) in [5.74, 6) is 0.0718. The molecule has 0 unspecified atom stereocenters. The summed E-state index contributed by atoms with van der Waals surface area (Å²) in [6.07, 6.45) is 0.268. The molecule has 1 rings (SSSR count). The number of nitrogens with one attached hydrogen (secondary N) is 2. The molecule has 0 radical (unpaired) electrons. The third-order valence-corrected chi connectivity index (χ3v) is 3.38. The lowest BCUT2D eigenvalue weighted by Crippen LogP contribution is -2.44. The normalized spacial score (nSPS) is 12.0. The first kappa shape index (κ1) is 17.9. The van der Waals surface area contributed by atoms with Gasteiger partial charge in [-0.25, -0.2) is 4.39 Å². The van der Waals surface area contributed by atoms with Crippen molar-refractivity contribution in [2.24, 2.45) is 4.99 Å². The molecule has 0 bridgehead atoms. The number of aliphatic imine (C=N–C) groups is 1. The van der Waals surface area contributed by atoms with Gasteiger partial charge in [-0.05, 0) is 17.7 Å². The standard InChI is InChI=1S/C16H24FN3O2/c1-16(2,12-6-5-7-13(17)10-12)11-20-15(18-3)19-9-8-14(21)22-4/h5-7,10H,8-9,11H2,1-4H3,(H2,18,19,20). The van der Waals surface area contributed by atoms with E-state index in [9.17, 15) is 9.18 Å². The van der Waals surface area contributed by atoms with Crippen LogP contribution >= 0.6 is 0 Å². The molecule has 1 aromatic carbocycles. The van der Waals surface area contributed by atoms with E-state index in [1.165, 1.54) is 19.2 Å². The lowest BCUT2D eigenvalue weighted by atomic mass is 9.84. The molecule has 2 N–H and O–H groups in total. The molecule has 0 atom stereocenters. The SMILES string of the molecule is CN=C(NCCC(=O)OC)NCC(C)(C)c1cccc(F)c1. The smallest absolute Gasteiger partial charge is 0.307 e. The molecule has 0 aliphatic heterocycles. The van der Waals surface area contributed by atoms with Crippen LogP contribution in [0.15, 0.2) is 29.3 Å². The van der Waals surface area contributed by atoms with Gasteiger partial charge in [0.15, 0.2) is 5.96 Å². The second-order valence-electron chi connectivity index (χ2n) is 5.57. The molecular weight excluding hydrogens is 285 g/mol. The van der Waals surface area contributed by atoms with Crippen molar-refractivity contribution in [2.75, 3.05) is 27.2 Å². The highest BCUT2D eigenvalue weighted by molar-refractivity contribution is 5.80. The van der Waals surface area contributed by atoms with Crippen LogP contribution in [0.25, 0.3) is 0 Å². The van der Waals surface area contributed by atoms with Gasteiger partial charge in [-0.2, -0.15) is 0 Å². The van der Waals surface area contributed by atoms with E-state index in [1.54, 1.807) is 13.1 Å². The van der Waals surface area contributed by atoms with Crippen molar-refractivity contribution in [1.82, 2.24) is 10.6 Å². The molecule has 0 heterocycles. The maximum absolute atomic E-state index is 13.3. The number of benzene rings is 1. The fraction of sp³-hybridized carbons (Fsp3) is 0.500. The highest BCUT2D eigenvalue weighted by Gasteiger charge is 2.21. The molecule has 122 valence electrons. The number of carbonyl (C=O) groups excluding carboxylic acids is 1. The summed E-state index contributed by atoms with van der Waals surface area (Å²) < 4.78 is 17.9. The van der Waals surface area contributed by atoms with Gasteiger partial charge in [0.25, 0.3) is 0 Å². The number of hydrogen-bond acceptors (Lipinski definition) is 3. The summed E-state index contributed by atoms with van der Waals surface area (Å²) in [6, 6.07) is 6.57. The minimum Gasteiger partial charge on any atom is -0.469 e. The second-order valence-corrected chi connectivity index (χ2v) is 5.57. The van der Waals surface area contributed by atoms with Gasteiger partial charge >= 0.3 is 5.97 Å². The summed E-state index contributed by atoms with van der Waals surface area (Å²) >= 11 is 0. The summed E-state index contributed by atoms with van der Waals surface area (Å²) in [5, 5.41) is 6.22. The summed E-state index contributed by atoms with van der Waals surface area (Å²) in [5.41, 5.74) is 0.646. The quantitative estimate of drug-likeness (QED) is 0.478. The van der Waals surface area contributed by atoms with Crippen LogP contribution in [0.2, 0.25) is 0 Å². The molecule has 5 nitrogen and oxygen atoms in total. The lowest BCUT2D eigenvalue weighted by Gasteiger charge is -2.26. The fourth-order valence-electron chi connectivity index (χ4n) is 1.92. The van der Waals surface area contributed by atoms with Crippen molar-refractivity contribution in [3.63, 3.8) is 0 Å². The monoisotopic (exact) mass is 309 g/mol. The number of ether oxygens (including phenoxy) is 1. The second kappa shape index (κ2) is 8.36. The predicted octanol–water partition coefficient (Wildman–Crippen LogP) is 1.83. The number of carbonyl (C=O) groups is 1. The zero-order valence-electron chi connectivity index (χ0n) is 13.6. The summed E-state index contributed by atoms with van der Waals surface area (Å²) in [6.45, 7) is 5.06. The molecule has 0 fully saturated rings. The van der Waals surface area contributed by atoms with Gasteiger partial charge in [-0.3, -0.25) is 9.79 Å². The van der Waals surface area contributed by atoms with Gasteiger partial charge in [0.1, 0.15) is 5.82 Å². The average Bonchev–Trinajstić information content (AvgIpc) is 2.50. The number of hydrogen-bond donors (Lipinski definition) is 2. The van der Waals surface area contributed by atoms with E-state index >= 15 is 0 Å². The Morgan fingerprint density at radius 1 is 1.36 bits per heavy atom. The van der Waals surface area contributed by atoms with Crippen LogP contribution in [0.3, 0.4) is 0 Å². The number of methoxy groups -OCH3 is 1. The maximum atomic E-state index is 13.3. The highest BCUT2D eigenvalue weighted by Crippen LogP contribution is 2.22. The molecule has 0 saturated carbocycles. The molecule has 0 aromatic heterocycles. The van der Waals surface area contributed by atoms with E-state index in [0.29, 0.717) is 19.0 Å². The van der Waals surface area contributed by atoms with Crippen molar-refractivity contribution >= 4 is 11.9 Å². The number of nitrogens with zero attached hydrogens (tertiary/aromatic N) is 1. The van der Waals surface area contributed by atoms with Crippen molar-refractivity contribution in [3.05, 3.63) is 35.6 Å². The highest BCUT2D eigenvalue weighted by atomic mass is 19.1. The van der Waals surface area contributed by atoms with E-state index in [0.717, 1.165) is 5.56 Å². The fourth-order valence-corrected chi connectivity index (χ4v) is 1.92. The largest absolute Gasteiger partial charge is 0.469 e. The van der Waals surface area contributed by atoms with Crippen LogP contribution in [-0.4, -0.2) is 39.2 Å². The minimum atomic E-state index is -0.275. The van der Waals surface area contributed by atoms with Gasteiger partial charge in [-0.15, -0.1) is 0 Å². The van der Waals surface area contributed by atoms with Crippen molar-refractivity contribution in [3.8, 4) is 0 Å². The summed E-state index contributed by atoms with van der Waals surface area (Å²) in [4.78, 5) is 15.2. The van der Waals surface area contributed by atoms with E-state index in [4.69, 9.17) is 0 Å². The van der Waals surface area contributed by atoms with Gasteiger partial charge in [0, 0.05) is 25.6 Å². The molecule has 22 heavy (non-hydrogen) atoms. The van der Waals surface area contributed by atoms with Gasteiger partial charge in [0.2, 0.25) is 0 Å². The van der Waals surface area contributed by atoms with Gasteiger partial charge in [-0.1, -0.05) is 26.0 Å². The maximum Gasteiger partial charge on any atom is 0.307 e. The first-order valence-corrected chi connectivity index (χ1v) is 7.16. The average molecular weight is 309 g/mol. The number of halogens is 1. The Hall–Kier alpha value is -2.11. The van der Waals surface area contributed by atoms with Crippen LogP contribution in [-0.2, 0) is 14.9 Å². The van der Waals surface area contributed by atoms with Gasteiger partial charge in [0.05, 0.1) is 13.5 Å². The molecule has 0 spiro atoms. The zero-order chi connectivity index (χ0) is 16.6. The Bertz CT molecular complexity index is 530. The van der Waals surface area contributed by atoms with Crippen molar-refractivity contribution < 1.29 is 13.9 Å². The third kappa shape index (κ3) is 5.71. The Morgan fingerprint density at radius 2 is 2.09 bits per heavy atom. The van der Waals surface area contributed by atoms with E-state index in [1.807, 2.05) is 19.9 Å². The Balaban J connectivity index is 2.53. The molecular formula is C16H24FN3O2. The molecule has 1 aromatic rings. The Labute approximate surface area is 131 Å². The molecule has 0 amide bonds. The number of esters is 1. The van der Waals surface area contributed by atoms with Crippen LogP contribution in [0.1, 0.15) is 25.8 Å². The van der Waals surface area contributed by atoms with Crippen molar-refractivity contribution in [1.29, 1.82) is 0 Å². The minimum absolute atomic E-state index is 0.244. The summed E-state index contributed by atoms with van der Waals surface area (Å²) in [7, 11) is 3.01. The molecule has 0 aliphatic carbocycles. The van der Waals surface area contributed by atoms with E-state index in [-0.39, 0.29) is 23.6 Å². The molecule has 0 saturated heterocycles. The van der Waals surface area contributed by atoms with Crippen LogP contribution < -0.4 is 10.6 Å². The number of guanidine groups is 1. The van der Waals surface area contributed by atoms with Gasteiger partial charge < -0.3 is 15.4 Å². The third-order valence-electron chi connectivity index (χ3n) is 3.38. The zero-order valence-corrected chi connectivity index (χ0v) is 13.6. The van der Waals surface area contributed by atoms with Crippen LogP contribution in [0.5, 0.6) is 0 Å². The first-order valence-electron chi connectivity index (χ1n) is 7.16. The van der Waals surface area contributed by atoms with Crippen LogP contribution in [0, 0.1) is 5.82 Å². The Morgan fingerprint density at radius 3 is 2.68 bits per heavy atom. The Kier molecular flexibility index (Phi) is 6.82. The lowest BCUT2D eigenvalue weighted by molar-refractivity contribution is -0.140. The first-order chi connectivity index (χ1) is 10.4. The topological polar surface area (TPSA) is 62.7 Å². The van der Waals surface area contributed by atoms with Crippen LogP contribution in [0.4, 0.5) is 4.39 Å². The predicted molar refractivity (Wildman–Crippen MR) is 85.4 cm³/mol. The molecule has 6 heteroatoms.